The molecule has 0 bridgehead atoms. The molecule has 0 N–H and O–H groups in total. The maximum atomic E-state index is 6.56. The quantitative estimate of drug-likeness (QED) is 0.462. The summed E-state index contributed by atoms with van der Waals surface area (Å²) < 4.78 is 0. The van der Waals surface area contributed by atoms with Gasteiger partial charge in [-0.15, -0.1) is 0 Å². The van der Waals surface area contributed by atoms with Crippen LogP contribution >= 0.6 is 11.8 Å². The van der Waals surface area contributed by atoms with Crippen molar-refractivity contribution in [2.24, 2.45) is 0 Å². The third kappa shape index (κ3) is 2.12. The van der Waals surface area contributed by atoms with E-state index in [4.69, 9.17) is 6.57 Å². The molecule has 1 aromatic carbocycles. The van der Waals surface area contributed by atoms with E-state index in [9.17, 15) is 0 Å². The Morgan fingerprint density at radius 3 is 2.60 bits per heavy atom. The van der Waals surface area contributed by atoms with E-state index >= 15 is 0 Å². The summed E-state index contributed by atoms with van der Waals surface area (Å²) >= 11 is 1.57. The zero-order chi connectivity index (χ0) is 7.23. The van der Waals surface area contributed by atoms with Crippen molar-refractivity contribution in [2.75, 3.05) is 5.88 Å². The largest absolute Gasteiger partial charge is 0.305 e. The third-order valence-corrected chi connectivity index (χ3v) is 1.90. The average Bonchev–Trinajstić information content (AvgIpc) is 2.03. The number of nitrogens with zero attached hydrogens (tertiary/aromatic N) is 1. The predicted molar refractivity (Wildman–Crippen MR) is 43.8 cm³/mol. The van der Waals surface area contributed by atoms with Gasteiger partial charge in [-0.2, -0.15) is 0 Å². The summed E-state index contributed by atoms with van der Waals surface area (Å²) in [7, 11) is 0. The van der Waals surface area contributed by atoms with E-state index in [2.05, 4.69) is 4.85 Å². The Bertz CT molecular complexity index is 225. The van der Waals surface area contributed by atoms with E-state index in [1.54, 1.807) is 11.8 Å². The van der Waals surface area contributed by atoms with E-state index in [1.165, 1.54) is 4.90 Å². The zero-order valence-corrected chi connectivity index (χ0v) is 6.27. The summed E-state index contributed by atoms with van der Waals surface area (Å²) in [4.78, 5) is 4.41. The van der Waals surface area contributed by atoms with Crippen molar-refractivity contribution in [1.82, 2.24) is 0 Å². The van der Waals surface area contributed by atoms with Crippen molar-refractivity contribution >= 4 is 11.8 Å². The normalized spacial score (nSPS) is 8.70. The first-order valence-corrected chi connectivity index (χ1v) is 3.93. The molecule has 0 aliphatic carbocycles. The van der Waals surface area contributed by atoms with Crippen LogP contribution in [0.15, 0.2) is 35.2 Å². The topological polar surface area (TPSA) is 4.36 Å². The van der Waals surface area contributed by atoms with E-state index in [0.717, 1.165) is 0 Å². The van der Waals surface area contributed by atoms with Gasteiger partial charge in [0.15, 0.2) is 0 Å². The van der Waals surface area contributed by atoms with Crippen LogP contribution in [0.25, 0.3) is 4.85 Å². The van der Waals surface area contributed by atoms with E-state index < -0.39 is 0 Å². The van der Waals surface area contributed by atoms with Crippen LogP contribution in [0.5, 0.6) is 0 Å². The van der Waals surface area contributed by atoms with Gasteiger partial charge in [0.1, 0.15) is 0 Å². The van der Waals surface area contributed by atoms with Crippen LogP contribution in [0.1, 0.15) is 0 Å². The van der Waals surface area contributed by atoms with Gasteiger partial charge in [-0.05, 0) is 23.9 Å². The van der Waals surface area contributed by atoms with E-state index in [1.807, 2.05) is 30.3 Å². The monoisotopic (exact) mass is 149 g/mol. The Labute approximate surface area is 64.9 Å². The highest BCUT2D eigenvalue weighted by atomic mass is 32.2. The lowest BCUT2D eigenvalue weighted by Crippen LogP contribution is -1.68. The van der Waals surface area contributed by atoms with Crippen LogP contribution in [0.2, 0.25) is 0 Å². The highest BCUT2D eigenvalue weighted by molar-refractivity contribution is 7.99. The minimum Gasteiger partial charge on any atom is -0.305 e. The molecule has 1 nitrogen and oxygen atoms in total. The first-order chi connectivity index (χ1) is 4.93. The van der Waals surface area contributed by atoms with Crippen molar-refractivity contribution in [3.63, 3.8) is 0 Å². The van der Waals surface area contributed by atoms with E-state index in [-0.39, 0.29) is 0 Å². The summed E-state index contributed by atoms with van der Waals surface area (Å²) in [5.41, 5.74) is 0. The fraction of sp³-hybridized carbons (Fsp3) is 0.125. The average molecular weight is 149 g/mol. The highest BCUT2D eigenvalue weighted by Gasteiger charge is 1.90. The Morgan fingerprint density at radius 2 is 2.00 bits per heavy atom. The van der Waals surface area contributed by atoms with Crippen LogP contribution in [-0.4, -0.2) is 5.88 Å². The molecule has 0 aliphatic rings. The summed E-state index contributed by atoms with van der Waals surface area (Å²) in [5, 5.41) is 0. The van der Waals surface area contributed by atoms with Gasteiger partial charge in [0.25, 0.3) is 5.88 Å². The van der Waals surface area contributed by atoms with Gasteiger partial charge in [-0.3, -0.25) is 0 Å². The number of benzene rings is 1. The molecule has 0 unspecified atom stereocenters. The zero-order valence-electron chi connectivity index (χ0n) is 5.45. The van der Waals surface area contributed by atoms with Crippen molar-refractivity contribution in [1.29, 1.82) is 0 Å². The lowest BCUT2D eigenvalue weighted by molar-refractivity contribution is 1.46. The second-order valence-electron chi connectivity index (χ2n) is 1.74. The first-order valence-electron chi connectivity index (χ1n) is 2.94. The minimum absolute atomic E-state index is 0.518. The molecule has 50 valence electrons. The first kappa shape index (κ1) is 7.17. The van der Waals surface area contributed by atoms with Gasteiger partial charge in [0.05, 0.1) is 0 Å². The maximum Gasteiger partial charge on any atom is 0.264 e. The van der Waals surface area contributed by atoms with Crippen molar-refractivity contribution in [3.8, 4) is 0 Å². The molecular weight excluding hydrogens is 142 g/mol. The molecule has 1 aromatic rings. The second-order valence-corrected chi connectivity index (χ2v) is 2.76. The van der Waals surface area contributed by atoms with E-state index in [0.29, 0.717) is 5.88 Å². The molecule has 0 aromatic heterocycles. The highest BCUT2D eigenvalue weighted by Crippen LogP contribution is 2.16. The Kier molecular flexibility index (Phi) is 2.85. The predicted octanol–water partition coefficient (Wildman–Crippen LogP) is 2.66. The molecule has 10 heavy (non-hydrogen) atoms. The maximum absolute atomic E-state index is 6.56. The van der Waals surface area contributed by atoms with Crippen LogP contribution in [-0.2, 0) is 0 Å². The van der Waals surface area contributed by atoms with Gasteiger partial charge in [-0.25, -0.2) is 6.57 Å². The summed E-state index contributed by atoms with van der Waals surface area (Å²) in [5.74, 6) is 0.518. The summed E-state index contributed by atoms with van der Waals surface area (Å²) in [6, 6.07) is 9.95. The Balaban J connectivity index is 2.52. The molecule has 0 aliphatic heterocycles. The fourth-order valence-corrected chi connectivity index (χ4v) is 1.19. The number of hydrogen-bond donors (Lipinski definition) is 0. The molecular formula is C8H7NS. The summed E-state index contributed by atoms with van der Waals surface area (Å²) in [6.45, 7) is 6.56. The van der Waals surface area contributed by atoms with Crippen molar-refractivity contribution < 1.29 is 0 Å². The molecule has 0 saturated carbocycles. The van der Waals surface area contributed by atoms with Crippen LogP contribution in [0.3, 0.4) is 0 Å². The molecule has 0 radical (unpaired) electrons. The van der Waals surface area contributed by atoms with Gasteiger partial charge >= 0.3 is 0 Å². The summed E-state index contributed by atoms with van der Waals surface area (Å²) in [6.07, 6.45) is 0. The van der Waals surface area contributed by atoms with Crippen LogP contribution in [0.4, 0.5) is 0 Å². The Hall–Kier alpha value is -0.940. The number of hydrogen-bond acceptors (Lipinski definition) is 1. The molecule has 0 spiro atoms. The van der Waals surface area contributed by atoms with Crippen LogP contribution in [0, 0.1) is 6.57 Å². The number of thioether (sulfide) groups is 1. The fourth-order valence-electron chi connectivity index (χ4n) is 0.624. The standard InChI is InChI=1S/C8H7NS/c1-9-7-10-8-5-3-2-4-6-8/h2-6H,7H2. The lowest BCUT2D eigenvalue weighted by atomic mass is 10.4. The molecule has 0 fully saturated rings. The third-order valence-electron chi connectivity index (χ3n) is 1.04. The second kappa shape index (κ2) is 3.97. The SMILES string of the molecule is [C-]#[N+]CSc1ccccc1. The minimum atomic E-state index is 0.518. The van der Waals surface area contributed by atoms with Crippen LogP contribution < -0.4 is 0 Å². The van der Waals surface area contributed by atoms with Gasteiger partial charge in [0.2, 0.25) is 0 Å². The van der Waals surface area contributed by atoms with Crippen molar-refractivity contribution in [3.05, 3.63) is 41.7 Å². The number of rotatable bonds is 2. The van der Waals surface area contributed by atoms with Crippen molar-refractivity contribution in [2.45, 2.75) is 4.90 Å². The molecule has 0 saturated heterocycles. The lowest BCUT2D eigenvalue weighted by Gasteiger charge is -1.90. The van der Waals surface area contributed by atoms with Gasteiger partial charge in [-0.1, -0.05) is 18.2 Å². The molecule has 0 atom stereocenters. The Morgan fingerprint density at radius 1 is 1.30 bits per heavy atom. The van der Waals surface area contributed by atoms with Gasteiger partial charge < -0.3 is 4.85 Å². The van der Waals surface area contributed by atoms with Gasteiger partial charge in [0, 0.05) is 4.90 Å². The molecule has 0 heterocycles. The molecule has 1 rings (SSSR count). The molecule has 0 amide bonds. The molecule has 2 heteroatoms. The smallest absolute Gasteiger partial charge is 0.264 e.